The highest BCUT2D eigenvalue weighted by atomic mass is 16.4. The molecule has 2 aromatic rings. The number of benzene rings is 1. The first-order valence-corrected chi connectivity index (χ1v) is 6.77. The molecule has 0 fully saturated rings. The predicted octanol–water partition coefficient (Wildman–Crippen LogP) is 4.48. The minimum absolute atomic E-state index is 0.244. The number of hydrogen-bond donors (Lipinski definition) is 1. The monoisotopic (exact) mass is 258 g/mol. The van der Waals surface area contributed by atoms with Crippen molar-refractivity contribution in [2.45, 2.75) is 46.5 Å². The van der Waals surface area contributed by atoms with Gasteiger partial charge < -0.3 is 10.2 Å². The van der Waals surface area contributed by atoms with Crippen molar-refractivity contribution >= 4 is 6.01 Å². The number of rotatable bonds is 3. The van der Waals surface area contributed by atoms with Gasteiger partial charge in [-0.25, -0.2) is 0 Å². The quantitative estimate of drug-likeness (QED) is 0.883. The SMILES string of the molecule is Cc1ccc(C(C)C)cc1-c1nc(N)oc1C(C)C. The van der Waals surface area contributed by atoms with Gasteiger partial charge in [0.25, 0.3) is 6.01 Å². The number of nitrogens with two attached hydrogens (primary N) is 1. The normalized spacial score (nSPS) is 11.5. The summed E-state index contributed by atoms with van der Waals surface area (Å²) in [5, 5.41) is 0. The molecule has 0 aliphatic heterocycles. The van der Waals surface area contributed by atoms with E-state index in [1.807, 2.05) is 0 Å². The van der Waals surface area contributed by atoms with Crippen molar-refractivity contribution in [3.05, 3.63) is 35.1 Å². The van der Waals surface area contributed by atoms with Crippen LogP contribution < -0.4 is 5.73 Å². The topological polar surface area (TPSA) is 52.0 Å². The Morgan fingerprint density at radius 3 is 2.37 bits per heavy atom. The number of oxazole rings is 1. The van der Waals surface area contributed by atoms with Gasteiger partial charge in [-0.05, 0) is 30.0 Å². The number of aromatic nitrogens is 1. The van der Waals surface area contributed by atoms with Gasteiger partial charge in [-0.15, -0.1) is 0 Å². The number of hydrogen-bond acceptors (Lipinski definition) is 3. The first kappa shape index (κ1) is 13.7. The molecule has 0 aliphatic carbocycles. The maximum absolute atomic E-state index is 5.72. The second-order valence-corrected chi connectivity index (χ2v) is 5.65. The van der Waals surface area contributed by atoms with E-state index in [9.17, 15) is 0 Å². The zero-order chi connectivity index (χ0) is 14.2. The lowest BCUT2D eigenvalue weighted by molar-refractivity contribution is 0.500. The zero-order valence-corrected chi connectivity index (χ0v) is 12.3. The van der Waals surface area contributed by atoms with E-state index in [-0.39, 0.29) is 11.9 Å². The predicted molar refractivity (Wildman–Crippen MR) is 79.3 cm³/mol. The highest BCUT2D eigenvalue weighted by Crippen LogP contribution is 2.34. The van der Waals surface area contributed by atoms with Crippen LogP contribution in [0.5, 0.6) is 0 Å². The summed E-state index contributed by atoms with van der Waals surface area (Å²) in [4.78, 5) is 4.37. The molecule has 0 unspecified atom stereocenters. The van der Waals surface area contributed by atoms with Crippen LogP contribution in [0.2, 0.25) is 0 Å². The molecule has 1 aromatic heterocycles. The van der Waals surface area contributed by atoms with Crippen LogP contribution in [0, 0.1) is 6.92 Å². The van der Waals surface area contributed by atoms with Crippen molar-refractivity contribution in [3.63, 3.8) is 0 Å². The van der Waals surface area contributed by atoms with Crippen LogP contribution in [0.4, 0.5) is 6.01 Å². The average molecular weight is 258 g/mol. The fourth-order valence-corrected chi connectivity index (χ4v) is 2.19. The molecule has 0 radical (unpaired) electrons. The molecule has 1 aromatic carbocycles. The molecule has 19 heavy (non-hydrogen) atoms. The standard InChI is InChI=1S/C16H22N2O/c1-9(2)12-7-6-11(5)13(8-12)14-15(10(3)4)19-16(17)18-14/h6-10H,1-5H3,(H2,17,18). The van der Waals surface area contributed by atoms with Gasteiger partial charge >= 0.3 is 0 Å². The van der Waals surface area contributed by atoms with Gasteiger partial charge in [0, 0.05) is 11.5 Å². The average Bonchev–Trinajstić information content (AvgIpc) is 2.71. The molecule has 0 amide bonds. The van der Waals surface area contributed by atoms with Crippen LogP contribution >= 0.6 is 0 Å². The van der Waals surface area contributed by atoms with Gasteiger partial charge in [-0.2, -0.15) is 4.98 Å². The third-order valence-corrected chi connectivity index (χ3v) is 3.38. The van der Waals surface area contributed by atoms with E-state index in [1.54, 1.807) is 0 Å². The molecule has 2 N–H and O–H groups in total. The minimum Gasteiger partial charge on any atom is -0.428 e. The number of aryl methyl sites for hydroxylation is 1. The molecule has 0 bridgehead atoms. The Labute approximate surface area is 114 Å². The van der Waals surface area contributed by atoms with Crippen LogP contribution in [0.25, 0.3) is 11.3 Å². The Hall–Kier alpha value is -1.77. The molecule has 0 spiro atoms. The van der Waals surface area contributed by atoms with Crippen molar-refractivity contribution in [2.75, 3.05) is 5.73 Å². The molecule has 0 saturated heterocycles. The fourth-order valence-electron chi connectivity index (χ4n) is 2.19. The van der Waals surface area contributed by atoms with Crippen LogP contribution in [-0.4, -0.2) is 4.98 Å². The van der Waals surface area contributed by atoms with Crippen molar-refractivity contribution < 1.29 is 4.42 Å². The molecular weight excluding hydrogens is 236 g/mol. The third kappa shape index (κ3) is 2.65. The molecule has 1 heterocycles. The zero-order valence-electron chi connectivity index (χ0n) is 12.3. The Morgan fingerprint density at radius 1 is 1.11 bits per heavy atom. The highest BCUT2D eigenvalue weighted by Gasteiger charge is 2.18. The van der Waals surface area contributed by atoms with Crippen molar-refractivity contribution in [1.82, 2.24) is 4.98 Å². The maximum Gasteiger partial charge on any atom is 0.292 e. The van der Waals surface area contributed by atoms with Crippen LogP contribution in [0.1, 0.15) is 56.4 Å². The van der Waals surface area contributed by atoms with E-state index in [0.717, 1.165) is 17.0 Å². The smallest absolute Gasteiger partial charge is 0.292 e. The van der Waals surface area contributed by atoms with Gasteiger partial charge in [0.1, 0.15) is 11.5 Å². The molecule has 3 heteroatoms. The molecule has 102 valence electrons. The lowest BCUT2D eigenvalue weighted by atomic mass is 9.94. The van der Waals surface area contributed by atoms with Gasteiger partial charge in [-0.1, -0.05) is 39.8 Å². The summed E-state index contributed by atoms with van der Waals surface area (Å²) < 4.78 is 5.55. The maximum atomic E-state index is 5.72. The molecule has 0 aliphatic rings. The van der Waals surface area contributed by atoms with Gasteiger partial charge in [0.2, 0.25) is 0 Å². The second kappa shape index (κ2) is 5.08. The molecular formula is C16H22N2O. The van der Waals surface area contributed by atoms with Gasteiger partial charge in [-0.3, -0.25) is 0 Å². The Morgan fingerprint density at radius 2 is 1.79 bits per heavy atom. The number of nitrogens with zero attached hydrogens (tertiary/aromatic N) is 1. The molecule has 0 saturated carbocycles. The lowest BCUT2D eigenvalue weighted by Gasteiger charge is -2.11. The van der Waals surface area contributed by atoms with E-state index >= 15 is 0 Å². The van der Waals surface area contributed by atoms with E-state index in [0.29, 0.717) is 5.92 Å². The number of anilines is 1. The van der Waals surface area contributed by atoms with E-state index in [4.69, 9.17) is 10.2 Å². The van der Waals surface area contributed by atoms with E-state index < -0.39 is 0 Å². The third-order valence-electron chi connectivity index (χ3n) is 3.38. The Kier molecular flexibility index (Phi) is 3.65. The molecule has 2 rings (SSSR count). The summed E-state index contributed by atoms with van der Waals surface area (Å²) in [6.45, 7) is 10.6. The van der Waals surface area contributed by atoms with Gasteiger partial charge in [0.15, 0.2) is 0 Å². The van der Waals surface area contributed by atoms with Gasteiger partial charge in [0.05, 0.1) is 0 Å². The van der Waals surface area contributed by atoms with Crippen LogP contribution in [0.3, 0.4) is 0 Å². The molecule has 3 nitrogen and oxygen atoms in total. The summed E-state index contributed by atoms with van der Waals surface area (Å²) >= 11 is 0. The van der Waals surface area contributed by atoms with E-state index in [1.165, 1.54) is 11.1 Å². The van der Waals surface area contributed by atoms with Crippen molar-refractivity contribution in [2.24, 2.45) is 0 Å². The van der Waals surface area contributed by atoms with Crippen LogP contribution in [-0.2, 0) is 0 Å². The summed E-state index contributed by atoms with van der Waals surface area (Å²) in [7, 11) is 0. The largest absolute Gasteiger partial charge is 0.428 e. The first-order chi connectivity index (χ1) is 8.90. The lowest BCUT2D eigenvalue weighted by Crippen LogP contribution is -1.94. The Bertz CT molecular complexity index is 582. The van der Waals surface area contributed by atoms with E-state index in [2.05, 4.69) is 57.8 Å². The first-order valence-electron chi connectivity index (χ1n) is 6.77. The summed E-state index contributed by atoms with van der Waals surface area (Å²) in [6.07, 6.45) is 0. The fraction of sp³-hybridized carbons (Fsp3) is 0.438. The summed E-state index contributed by atoms with van der Waals surface area (Å²) in [5.74, 6) is 1.62. The second-order valence-electron chi connectivity index (χ2n) is 5.65. The summed E-state index contributed by atoms with van der Waals surface area (Å²) in [5.41, 5.74) is 10.2. The Balaban J connectivity index is 2.61. The van der Waals surface area contributed by atoms with Crippen LogP contribution in [0.15, 0.2) is 22.6 Å². The van der Waals surface area contributed by atoms with Crippen molar-refractivity contribution in [1.29, 1.82) is 0 Å². The number of nitrogen functional groups attached to an aromatic ring is 1. The van der Waals surface area contributed by atoms with Crippen molar-refractivity contribution in [3.8, 4) is 11.3 Å². The minimum atomic E-state index is 0.244. The molecule has 0 atom stereocenters. The highest BCUT2D eigenvalue weighted by molar-refractivity contribution is 5.68. The summed E-state index contributed by atoms with van der Waals surface area (Å²) in [6, 6.07) is 6.75.